The van der Waals surface area contributed by atoms with Crippen molar-refractivity contribution in [3.05, 3.63) is 30.3 Å². The molecule has 2 rings (SSSR count). The van der Waals surface area contributed by atoms with Crippen LogP contribution in [0.25, 0.3) is 0 Å². The van der Waals surface area contributed by atoms with Gasteiger partial charge < -0.3 is 15.2 Å². The van der Waals surface area contributed by atoms with E-state index in [4.69, 9.17) is 4.52 Å². The number of hydrogen-bond acceptors (Lipinski definition) is 7. The predicted molar refractivity (Wildman–Crippen MR) is 61.9 cm³/mol. The molecule has 0 spiro atoms. The highest BCUT2D eigenvalue weighted by atomic mass is 16.5. The fraction of sp³-hybridized carbons (Fsp3) is 0.300. The highest BCUT2D eigenvalue weighted by Crippen LogP contribution is 2.00. The zero-order chi connectivity index (χ0) is 12.8. The van der Waals surface area contributed by atoms with Crippen molar-refractivity contribution in [2.75, 3.05) is 18.9 Å². The summed E-state index contributed by atoms with van der Waals surface area (Å²) in [7, 11) is 1.71. The second-order valence-electron chi connectivity index (χ2n) is 3.38. The van der Waals surface area contributed by atoms with Gasteiger partial charge in [0.25, 0.3) is 5.91 Å². The second kappa shape index (κ2) is 5.71. The summed E-state index contributed by atoms with van der Waals surface area (Å²) in [5.74, 6) is 0.726. The minimum atomic E-state index is -0.292. The lowest BCUT2D eigenvalue weighted by atomic mass is 10.3. The molecule has 2 N–H and O–H groups in total. The van der Waals surface area contributed by atoms with Gasteiger partial charge in [0, 0.05) is 20.0 Å². The molecule has 2 aromatic rings. The maximum Gasteiger partial charge on any atom is 0.271 e. The van der Waals surface area contributed by atoms with E-state index in [1.807, 2.05) is 0 Å². The Kier molecular flexibility index (Phi) is 3.79. The van der Waals surface area contributed by atoms with E-state index in [0.29, 0.717) is 24.7 Å². The highest BCUT2D eigenvalue weighted by Gasteiger charge is 2.08. The van der Waals surface area contributed by atoms with Crippen LogP contribution in [0.1, 0.15) is 16.4 Å². The van der Waals surface area contributed by atoms with Crippen LogP contribution in [0.15, 0.2) is 23.2 Å². The van der Waals surface area contributed by atoms with Crippen LogP contribution in [0.4, 0.5) is 5.82 Å². The second-order valence-corrected chi connectivity index (χ2v) is 3.38. The third-order valence-electron chi connectivity index (χ3n) is 2.15. The van der Waals surface area contributed by atoms with Crippen LogP contribution in [0, 0.1) is 0 Å². The average molecular weight is 248 g/mol. The van der Waals surface area contributed by atoms with Crippen molar-refractivity contribution in [1.29, 1.82) is 0 Å². The largest absolute Gasteiger partial charge is 0.372 e. The van der Waals surface area contributed by atoms with Gasteiger partial charge in [0.15, 0.2) is 6.33 Å². The monoisotopic (exact) mass is 248 g/mol. The molecule has 8 heteroatoms. The van der Waals surface area contributed by atoms with E-state index in [0.717, 1.165) is 0 Å². The van der Waals surface area contributed by atoms with Gasteiger partial charge in [0.05, 0.1) is 12.4 Å². The Morgan fingerprint density at radius 3 is 3.06 bits per heavy atom. The van der Waals surface area contributed by atoms with E-state index in [-0.39, 0.29) is 11.6 Å². The molecule has 2 aromatic heterocycles. The van der Waals surface area contributed by atoms with Crippen LogP contribution < -0.4 is 10.6 Å². The summed E-state index contributed by atoms with van der Waals surface area (Å²) < 4.78 is 4.81. The molecule has 0 bridgehead atoms. The molecule has 94 valence electrons. The van der Waals surface area contributed by atoms with Gasteiger partial charge in [-0.1, -0.05) is 5.16 Å². The molecule has 0 unspecified atom stereocenters. The normalized spacial score (nSPS) is 10.1. The first kappa shape index (κ1) is 12.0. The average Bonchev–Trinajstić information content (AvgIpc) is 2.92. The molecule has 0 aliphatic rings. The molecule has 0 aromatic carbocycles. The number of nitrogens with one attached hydrogen (secondary N) is 2. The van der Waals surface area contributed by atoms with Crippen LogP contribution in [-0.4, -0.2) is 39.6 Å². The Hall–Kier alpha value is -2.51. The van der Waals surface area contributed by atoms with Gasteiger partial charge in [-0.2, -0.15) is 4.98 Å². The fourth-order valence-electron chi connectivity index (χ4n) is 1.28. The number of amides is 1. The highest BCUT2D eigenvalue weighted by molar-refractivity contribution is 5.92. The van der Waals surface area contributed by atoms with Crippen molar-refractivity contribution in [3.63, 3.8) is 0 Å². The van der Waals surface area contributed by atoms with E-state index >= 15 is 0 Å². The smallest absolute Gasteiger partial charge is 0.271 e. The van der Waals surface area contributed by atoms with E-state index in [9.17, 15) is 4.79 Å². The summed E-state index contributed by atoms with van der Waals surface area (Å²) in [6, 6.07) is 0. The molecule has 1 amide bonds. The number of anilines is 1. The summed E-state index contributed by atoms with van der Waals surface area (Å²) in [5.41, 5.74) is 0.257. The molecule has 0 fully saturated rings. The van der Waals surface area contributed by atoms with Gasteiger partial charge in [0.2, 0.25) is 5.89 Å². The molecule has 0 saturated heterocycles. The Labute approximate surface area is 103 Å². The van der Waals surface area contributed by atoms with Gasteiger partial charge in [-0.15, -0.1) is 0 Å². The number of carbonyl (C=O) groups excluding carboxylic acids is 1. The third kappa shape index (κ3) is 3.00. The van der Waals surface area contributed by atoms with Crippen molar-refractivity contribution >= 4 is 11.7 Å². The topological polar surface area (TPSA) is 106 Å². The van der Waals surface area contributed by atoms with Crippen molar-refractivity contribution in [2.45, 2.75) is 6.42 Å². The molecule has 18 heavy (non-hydrogen) atoms. The van der Waals surface area contributed by atoms with Crippen molar-refractivity contribution in [2.24, 2.45) is 0 Å². The number of nitrogens with zero attached hydrogens (tertiary/aromatic N) is 4. The van der Waals surface area contributed by atoms with Gasteiger partial charge in [-0.05, 0) is 0 Å². The fourth-order valence-corrected chi connectivity index (χ4v) is 1.28. The standard InChI is InChI=1S/C10H12N6O2/c1-11-8-5-12-4-7(16-8)10(17)13-3-2-9-14-6-15-18-9/h4-6H,2-3H2,1H3,(H,11,16)(H,13,17). The Morgan fingerprint density at radius 2 is 2.33 bits per heavy atom. The summed E-state index contributed by atoms with van der Waals surface area (Å²) in [4.78, 5) is 23.6. The Morgan fingerprint density at radius 1 is 1.44 bits per heavy atom. The van der Waals surface area contributed by atoms with Crippen molar-refractivity contribution in [3.8, 4) is 0 Å². The van der Waals surface area contributed by atoms with Crippen LogP contribution in [-0.2, 0) is 6.42 Å². The van der Waals surface area contributed by atoms with Crippen LogP contribution in [0.2, 0.25) is 0 Å². The predicted octanol–water partition coefficient (Wildman–Crippen LogP) is -0.126. The van der Waals surface area contributed by atoms with Crippen LogP contribution >= 0.6 is 0 Å². The first-order valence-electron chi connectivity index (χ1n) is 5.33. The summed E-state index contributed by atoms with van der Waals surface area (Å²) in [6.07, 6.45) is 4.74. The number of carbonyl (C=O) groups is 1. The van der Waals surface area contributed by atoms with Gasteiger partial charge in [-0.3, -0.25) is 9.78 Å². The van der Waals surface area contributed by atoms with Crippen LogP contribution in [0.3, 0.4) is 0 Å². The first-order valence-corrected chi connectivity index (χ1v) is 5.33. The molecular weight excluding hydrogens is 236 g/mol. The van der Waals surface area contributed by atoms with E-state index in [2.05, 4.69) is 30.7 Å². The molecule has 0 aliphatic carbocycles. The van der Waals surface area contributed by atoms with Gasteiger partial charge in [-0.25, -0.2) is 4.98 Å². The maximum absolute atomic E-state index is 11.7. The van der Waals surface area contributed by atoms with Gasteiger partial charge >= 0.3 is 0 Å². The lowest BCUT2D eigenvalue weighted by Gasteiger charge is -2.04. The van der Waals surface area contributed by atoms with Crippen molar-refractivity contribution in [1.82, 2.24) is 25.4 Å². The van der Waals surface area contributed by atoms with Crippen molar-refractivity contribution < 1.29 is 9.32 Å². The molecule has 0 radical (unpaired) electrons. The van der Waals surface area contributed by atoms with E-state index in [1.54, 1.807) is 7.05 Å². The van der Waals surface area contributed by atoms with E-state index in [1.165, 1.54) is 18.7 Å². The summed E-state index contributed by atoms with van der Waals surface area (Å²) in [6.45, 7) is 0.395. The molecular formula is C10H12N6O2. The Balaban J connectivity index is 1.87. The SMILES string of the molecule is CNc1cncc(C(=O)NCCc2ncno2)n1. The molecule has 0 aliphatic heterocycles. The molecule has 0 atom stereocenters. The van der Waals surface area contributed by atoms with Crippen LogP contribution in [0.5, 0.6) is 0 Å². The first-order chi connectivity index (χ1) is 8.79. The minimum Gasteiger partial charge on any atom is -0.372 e. The molecule has 2 heterocycles. The number of rotatable bonds is 5. The van der Waals surface area contributed by atoms with E-state index < -0.39 is 0 Å². The zero-order valence-electron chi connectivity index (χ0n) is 9.75. The lowest BCUT2D eigenvalue weighted by Crippen LogP contribution is -2.26. The minimum absolute atomic E-state index is 0.257. The third-order valence-corrected chi connectivity index (χ3v) is 2.15. The molecule has 8 nitrogen and oxygen atoms in total. The summed E-state index contributed by atoms with van der Waals surface area (Å²) in [5, 5.41) is 8.98. The van der Waals surface area contributed by atoms with Gasteiger partial charge in [0.1, 0.15) is 11.5 Å². The lowest BCUT2D eigenvalue weighted by molar-refractivity contribution is 0.0948. The Bertz CT molecular complexity index is 513. The number of aromatic nitrogens is 4. The molecule has 0 saturated carbocycles. The number of hydrogen-bond donors (Lipinski definition) is 2. The maximum atomic E-state index is 11.7. The zero-order valence-corrected chi connectivity index (χ0v) is 9.75. The quantitative estimate of drug-likeness (QED) is 0.759. The summed E-state index contributed by atoms with van der Waals surface area (Å²) >= 11 is 0.